The zero-order chi connectivity index (χ0) is 10.0. The lowest BCUT2D eigenvalue weighted by molar-refractivity contribution is 0.0794. The second-order valence-corrected chi connectivity index (χ2v) is 3.79. The van der Waals surface area contributed by atoms with Gasteiger partial charge in [-0.1, -0.05) is 22.0 Å². The van der Waals surface area contributed by atoms with Crippen LogP contribution in [0.5, 0.6) is 0 Å². The molecule has 1 aromatic rings. The van der Waals surface area contributed by atoms with Crippen molar-refractivity contribution in [1.82, 2.24) is 5.01 Å². The summed E-state index contributed by atoms with van der Waals surface area (Å²) < 4.78 is 0.878. The van der Waals surface area contributed by atoms with Crippen molar-refractivity contribution in [3.05, 3.63) is 33.8 Å². The number of halogens is 1. The van der Waals surface area contributed by atoms with Crippen LogP contribution in [0.3, 0.4) is 0 Å². The number of nitrogens with two attached hydrogens (primary N) is 1. The highest BCUT2D eigenvalue weighted by Gasteiger charge is 2.11. The Morgan fingerprint density at radius 1 is 1.54 bits per heavy atom. The van der Waals surface area contributed by atoms with Crippen LogP contribution in [0.2, 0.25) is 0 Å². The number of nitrogens with zero attached hydrogens (tertiary/aromatic N) is 1. The van der Waals surface area contributed by atoms with Crippen LogP contribution >= 0.6 is 15.9 Å². The van der Waals surface area contributed by atoms with Gasteiger partial charge in [-0.15, -0.1) is 0 Å². The maximum atomic E-state index is 11.5. The Bertz CT molecular complexity index is 336. The molecule has 0 saturated carbocycles. The number of hydrogen-bond donors (Lipinski definition) is 1. The molecule has 2 N–H and O–H groups in total. The van der Waals surface area contributed by atoms with E-state index in [0.29, 0.717) is 5.56 Å². The van der Waals surface area contributed by atoms with Crippen molar-refractivity contribution in [2.75, 3.05) is 7.05 Å². The van der Waals surface area contributed by atoms with Gasteiger partial charge in [0.05, 0.1) is 0 Å². The van der Waals surface area contributed by atoms with E-state index >= 15 is 0 Å². The van der Waals surface area contributed by atoms with Crippen molar-refractivity contribution in [3.8, 4) is 0 Å². The predicted molar refractivity (Wildman–Crippen MR) is 55.2 cm³/mol. The molecule has 70 valence electrons. The van der Waals surface area contributed by atoms with E-state index in [-0.39, 0.29) is 5.91 Å². The third-order valence-corrected chi connectivity index (χ3v) is 2.24. The average Bonchev–Trinajstić information content (AvgIpc) is 2.08. The van der Waals surface area contributed by atoms with Gasteiger partial charge in [0, 0.05) is 17.1 Å². The summed E-state index contributed by atoms with van der Waals surface area (Å²) in [6.45, 7) is 1.88. The number of rotatable bonds is 1. The van der Waals surface area contributed by atoms with Gasteiger partial charge in [0.25, 0.3) is 5.91 Å². The van der Waals surface area contributed by atoms with Gasteiger partial charge in [-0.25, -0.2) is 5.84 Å². The van der Waals surface area contributed by atoms with Gasteiger partial charge in [-0.05, 0) is 24.6 Å². The molecule has 0 atom stereocenters. The van der Waals surface area contributed by atoms with E-state index in [0.717, 1.165) is 15.0 Å². The lowest BCUT2D eigenvalue weighted by Crippen LogP contribution is -2.33. The Morgan fingerprint density at radius 2 is 2.15 bits per heavy atom. The fraction of sp³-hybridized carbons (Fsp3) is 0.222. The molecule has 3 nitrogen and oxygen atoms in total. The monoisotopic (exact) mass is 242 g/mol. The highest BCUT2D eigenvalue weighted by Crippen LogP contribution is 2.16. The third kappa shape index (κ3) is 2.29. The molecule has 1 amide bonds. The minimum Gasteiger partial charge on any atom is -0.280 e. The standard InChI is InChI=1S/C9H11BrN2O/c1-6-3-4-7(10)5-8(6)9(13)12(2)11/h3-5H,11H2,1-2H3. The van der Waals surface area contributed by atoms with Gasteiger partial charge in [0.2, 0.25) is 0 Å². The first-order valence-corrected chi connectivity index (χ1v) is 4.60. The number of amides is 1. The first-order valence-electron chi connectivity index (χ1n) is 3.81. The first-order chi connectivity index (χ1) is 6.02. The van der Waals surface area contributed by atoms with Crippen molar-refractivity contribution < 1.29 is 4.79 Å². The molecule has 0 aliphatic carbocycles. The van der Waals surface area contributed by atoms with Crippen LogP contribution in [0.4, 0.5) is 0 Å². The van der Waals surface area contributed by atoms with Gasteiger partial charge in [0.15, 0.2) is 0 Å². The molecule has 0 unspecified atom stereocenters. The molecule has 13 heavy (non-hydrogen) atoms. The third-order valence-electron chi connectivity index (χ3n) is 1.75. The second kappa shape index (κ2) is 3.89. The van der Waals surface area contributed by atoms with E-state index < -0.39 is 0 Å². The van der Waals surface area contributed by atoms with Crippen LogP contribution in [0.15, 0.2) is 22.7 Å². The topological polar surface area (TPSA) is 46.3 Å². The van der Waals surface area contributed by atoms with E-state index in [1.165, 1.54) is 7.05 Å². The molecule has 1 rings (SSSR count). The molecule has 0 bridgehead atoms. The lowest BCUT2D eigenvalue weighted by Gasteiger charge is -2.11. The summed E-state index contributed by atoms with van der Waals surface area (Å²) in [6.07, 6.45) is 0. The summed E-state index contributed by atoms with van der Waals surface area (Å²) in [5.41, 5.74) is 1.55. The Morgan fingerprint density at radius 3 is 2.69 bits per heavy atom. The van der Waals surface area contributed by atoms with E-state index in [1.54, 1.807) is 6.07 Å². The summed E-state index contributed by atoms with van der Waals surface area (Å²) in [4.78, 5) is 11.5. The Labute approximate surface area is 85.6 Å². The molecule has 0 aromatic heterocycles. The summed E-state index contributed by atoms with van der Waals surface area (Å²) in [7, 11) is 1.53. The minimum absolute atomic E-state index is 0.182. The van der Waals surface area contributed by atoms with E-state index in [9.17, 15) is 4.79 Å². The number of hydrazine groups is 1. The van der Waals surface area contributed by atoms with Crippen LogP contribution in [0, 0.1) is 6.92 Å². The van der Waals surface area contributed by atoms with Gasteiger partial charge >= 0.3 is 0 Å². The largest absolute Gasteiger partial charge is 0.280 e. The number of carbonyl (C=O) groups is 1. The van der Waals surface area contributed by atoms with Crippen molar-refractivity contribution in [2.45, 2.75) is 6.92 Å². The molecule has 0 aliphatic heterocycles. The van der Waals surface area contributed by atoms with Crippen LogP contribution in [0.1, 0.15) is 15.9 Å². The zero-order valence-electron chi connectivity index (χ0n) is 7.54. The maximum Gasteiger partial charge on any atom is 0.267 e. The number of carbonyl (C=O) groups excluding carboxylic acids is 1. The van der Waals surface area contributed by atoms with Crippen LogP contribution in [-0.4, -0.2) is 18.0 Å². The SMILES string of the molecule is Cc1ccc(Br)cc1C(=O)N(C)N. The molecule has 1 aromatic carbocycles. The van der Waals surface area contributed by atoms with Gasteiger partial charge in [-0.3, -0.25) is 9.80 Å². The van der Waals surface area contributed by atoms with Crippen LogP contribution in [0.25, 0.3) is 0 Å². The predicted octanol–water partition coefficient (Wildman–Crippen LogP) is 1.70. The zero-order valence-corrected chi connectivity index (χ0v) is 9.13. The quantitative estimate of drug-likeness (QED) is 0.463. The molecular weight excluding hydrogens is 232 g/mol. The summed E-state index contributed by atoms with van der Waals surface area (Å²) in [6, 6.07) is 5.53. The summed E-state index contributed by atoms with van der Waals surface area (Å²) in [5, 5.41) is 1.08. The molecule has 0 fully saturated rings. The van der Waals surface area contributed by atoms with Crippen molar-refractivity contribution in [3.63, 3.8) is 0 Å². The summed E-state index contributed by atoms with van der Waals surface area (Å²) in [5.74, 6) is 5.17. The Hall–Kier alpha value is -0.870. The number of hydrogen-bond acceptors (Lipinski definition) is 2. The van der Waals surface area contributed by atoms with Crippen molar-refractivity contribution in [1.29, 1.82) is 0 Å². The molecule has 0 saturated heterocycles. The van der Waals surface area contributed by atoms with Gasteiger partial charge in [-0.2, -0.15) is 0 Å². The summed E-state index contributed by atoms with van der Waals surface area (Å²) >= 11 is 3.30. The Balaban J connectivity index is 3.13. The van der Waals surface area contributed by atoms with Crippen LogP contribution < -0.4 is 5.84 Å². The molecule has 0 heterocycles. The molecular formula is C9H11BrN2O. The second-order valence-electron chi connectivity index (χ2n) is 2.88. The molecule has 4 heteroatoms. The highest BCUT2D eigenvalue weighted by atomic mass is 79.9. The minimum atomic E-state index is -0.182. The van der Waals surface area contributed by atoms with E-state index in [1.807, 2.05) is 19.1 Å². The normalized spacial score (nSPS) is 9.85. The Kier molecular flexibility index (Phi) is 3.06. The van der Waals surface area contributed by atoms with E-state index in [4.69, 9.17) is 5.84 Å². The molecule has 0 spiro atoms. The van der Waals surface area contributed by atoms with Crippen molar-refractivity contribution in [2.24, 2.45) is 5.84 Å². The number of benzene rings is 1. The van der Waals surface area contributed by atoms with Crippen LogP contribution in [-0.2, 0) is 0 Å². The fourth-order valence-electron chi connectivity index (χ4n) is 1.01. The van der Waals surface area contributed by atoms with Crippen molar-refractivity contribution >= 4 is 21.8 Å². The number of aryl methyl sites for hydroxylation is 1. The van der Waals surface area contributed by atoms with Gasteiger partial charge in [0.1, 0.15) is 0 Å². The first kappa shape index (κ1) is 10.2. The highest BCUT2D eigenvalue weighted by molar-refractivity contribution is 9.10. The molecule has 0 aliphatic rings. The molecule has 0 radical (unpaired) electrons. The smallest absolute Gasteiger partial charge is 0.267 e. The lowest BCUT2D eigenvalue weighted by atomic mass is 10.1. The fourth-order valence-corrected chi connectivity index (χ4v) is 1.38. The van der Waals surface area contributed by atoms with Gasteiger partial charge < -0.3 is 0 Å². The maximum absolute atomic E-state index is 11.5. The average molecular weight is 243 g/mol. The van der Waals surface area contributed by atoms with E-state index in [2.05, 4.69) is 15.9 Å².